The molecule has 0 saturated carbocycles. The molecule has 34 heavy (non-hydrogen) atoms. The van der Waals surface area contributed by atoms with E-state index in [4.69, 9.17) is 9.47 Å². The van der Waals surface area contributed by atoms with Crippen molar-refractivity contribution in [1.29, 1.82) is 0 Å². The second-order valence-electron chi connectivity index (χ2n) is 8.92. The van der Waals surface area contributed by atoms with E-state index in [1.807, 2.05) is 32.0 Å². The van der Waals surface area contributed by atoms with Crippen LogP contribution in [0, 0.1) is 19.8 Å². The van der Waals surface area contributed by atoms with E-state index in [0.717, 1.165) is 36.3 Å². The number of carbonyl (C=O) groups excluding carboxylic acids is 3. The molecule has 2 aliphatic heterocycles. The lowest BCUT2D eigenvalue weighted by Gasteiger charge is -2.18. The molecule has 3 amide bonds. The number of rotatable bonds is 8. The number of nitrogens with zero attached hydrogens (tertiary/aromatic N) is 1. The number of ether oxygens (including phenoxy) is 2. The van der Waals surface area contributed by atoms with Crippen LogP contribution in [-0.2, 0) is 19.1 Å². The first kappa shape index (κ1) is 23.8. The van der Waals surface area contributed by atoms with Crippen LogP contribution in [0.3, 0.4) is 0 Å². The van der Waals surface area contributed by atoms with Crippen LogP contribution in [0.1, 0.15) is 30.4 Å². The third-order valence-corrected chi connectivity index (χ3v) is 6.33. The number of aryl methyl sites for hydroxylation is 2. The summed E-state index contributed by atoms with van der Waals surface area (Å²) in [5, 5.41) is 5.74. The minimum Gasteiger partial charge on any atom is -0.484 e. The molecule has 0 bridgehead atoms. The maximum atomic E-state index is 12.5. The van der Waals surface area contributed by atoms with Crippen molar-refractivity contribution in [2.75, 3.05) is 36.5 Å². The molecular weight excluding hydrogens is 434 g/mol. The number of amides is 3. The number of carbonyl (C=O) groups is 3. The van der Waals surface area contributed by atoms with E-state index in [2.05, 4.69) is 10.6 Å². The summed E-state index contributed by atoms with van der Waals surface area (Å²) in [6.45, 7) is 5.47. The number of anilines is 2. The highest BCUT2D eigenvalue weighted by Crippen LogP contribution is 2.27. The van der Waals surface area contributed by atoms with Gasteiger partial charge in [-0.3, -0.25) is 14.4 Å². The molecule has 8 nitrogen and oxygen atoms in total. The topological polar surface area (TPSA) is 97.0 Å². The van der Waals surface area contributed by atoms with Gasteiger partial charge in [0.1, 0.15) is 5.75 Å². The molecule has 2 saturated heterocycles. The van der Waals surface area contributed by atoms with Crippen molar-refractivity contribution in [2.45, 2.75) is 39.2 Å². The molecular formula is C26H31N3O5. The van der Waals surface area contributed by atoms with Gasteiger partial charge in [-0.25, -0.2) is 0 Å². The van der Waals surface area contributed by atoms with Crippen LogP contribution in [0.25, 0.3) is 0 Å². The maximum absolute atomic E-state index is 12.5. The molecule has 2 N–H and O–H groups in total. The molecule has 2 aromatic carbocycles. The summed E-state index contributed by atoms with van der Waals surface area (Å²) >= 11 is 0. The maximum Gasteiger partial charge on any atom is 0.262 e. The summed E-state index contributed by atoms with van der Waals surface area (Å²) in [6.07, 6.45) is 2.24. The van der Waals surface area contributed by atoms with Crippen LogP contribution in [0.4, 0.5) is 11.4 Å². The van der Waals surface area contributed by atoms with E-state index in [1.165, 1.54) is 0 Å². The Morgan fingerprint density at radius 1 is 1.12 bits per heavy atom. The van der Waals surface area contributed by atoms with Crippen LogP contribution >= 0.6 is 0 Å². The van der Waals surface area contributed by atoms with Gasteiger partial charge in [0.25, 0.3) is 5.91 Å². The highest BCUT2D eigenvalue weighted by atomic mass is 16.5. The number of hydrogen-bond donors (Lipinski definition) is 2. The van der Waals surface area contributed by atoms with Gasteiger partial charge in [-0.05, 0) is 74.2 Å². The molecule has 0 unspecified atom stereocenters. The van der Waals surface area contributed by atoms with Gasteiger partial charge in [-0.2, -0.15) is 0 Å². The molecule has 2 aromatic rings. The van der Waals surface area contributed by atoms with Crippen molar-refractivity contribution in [3.63, 3.8) is 0 Å². The standard InChI is InChI=1S/C26H31N3O5/c1-17-5-6-20(12-18(17)2)28-24(30)16-34-22-9-7-21(8-10-22)29-15-19(13-25(29)31)26(32)27-14-23-4-3-11-33-23/h5-10,12,19,23H,3-4,11,13-16H2,1-2H3,(H,27,32)(H,28,30)/t19-,23+/m1/s1. The van der Waals surface area contributed by atoms with Gasteiger partial charge >= 0.3 is 0 Å². The molecule has 180 valence electrons. The molecule has 4 rings (SSSR count). The van der Waals surface area contributed by atoms with Crippen LogP contribution in [0.2, 0.25) is 0 Å². The molecule has 8 heteroatoms. The van der Waals surface area contributed by atoms with E-state index in [-0.39, 0.29) is 42.8 Å². The van der Waals surface area contributed by atoms with Crippen LogP contribution in [0.5, 0.6) is 5.75 Å². The van der Waals surface area contributed by atoms with Gasteiger partial charge in [-0.15, -0.1) is 0 Å². The zero-order chi connectivity index (χ0) is 24.1. The van der Waals surface area contributed by atoms with Crippen molar-refractivity contribution < 1.29 is 23.9 Å². The zero-order valence-corrected chi connectivity index (χ0v) is 19.6. The van der Waals surface area contributed by atoms with Gasteiger partial charge in [0.15, 0.2) is 6.61 Å². The lowest BCUT2D eigenvalue weighted by atomic mass is 10.1. The van der Waals surface area contributed by atoms with Crippen LogP contribution in [-0.4, -0.2) is 50.1 Å². The second-order valence-corrected chi connectivity index (χ2v) is 8.92. The molecule has 0 aliphatic carbocycles. The number of hydrogen-bond acceptors (Lipinski definition) is 5. The summed E-state index contributed by atoms with van der Waals surface area (Å²) < 4.78 is 11.1. The van der Waals surface area contributed by atoms with Crippen molar-refractivity contribution >= 4 is 29.1 Å². The third kappa shape index (κ3) is 5.94. The Labute approximate surface area is 199 Å². The fourth-order valence-corrected chi connectivity index (χ4v) is 4.18. The number of nitrogens with one attached hydrogen (secondary N) is 2. The molecule has 2 atom stereocenters. The van der Waals surface area contributed by atoms with Gasteiger partial charge in [0.2, 0.25) is 11.8 Å². The van der Waals surface area contributed by atoms with Gasteiger partial charge in [0, 0.05) is 37.5 Å². The minimum absolute atomic E-state index is 0.0767. The van der Waals surface area contributed by atoms with Crippen LogP contribution < -0.4 is 20.3 Å². The molecule has 0 aromatic heterocycles. The van der Waals surface area contributed by atoms with Crippen molar-refractivity contribution in [3.8, 4) is 5.75 Å². The largest absolute Gasteiger partial charge is 0.484 e. The van der Waals surface area contributed by atoms with Gasteiger partial charge in [-0.1, -0.05) is 6.07 Å². The predicted molar refractivity (Wildman–Crippen MR) is 129 cm³/mol. The lowest BCUT2D eigenvalue weighted by Crippen LogP contribution is -2.37. The summed E-state index contributed by atoms with van der Waals surface area (Å²) in [6, 6.07) is 12.7. The smallest absolute Gasteiger partial charge is 0.262 e. The van der Waals surface area contributed by atoms with Gasteiger partial charge in [0.05, 0.1) is 12.0 Å². The summed E-state index contributed by atoms with van der Waals surface area (Å²) in [5.74, 6) is -0.297. The highest BCUT2D eigenvalue weighted by molar-refractivity contribution is 6.00. The summed E-state index contributed by atoms with van der Waals surface area (Å²) in [7, 11) is 0. The van der Waals surface area contributed by atoms with E-state index in [0.29, 0.717) is 24.5 Å². The van der Waals surface area contributed by atoms with Gasteiger partial charge < -0.3 is 25.0 Å². The normalized spacial score (nSPS) is 19.8. The highest BCUT2D eigenvalue weighted by Gasteiger charge is 2.35. The first-order chi connectivity index (χ1) is 16.4. The Kier molecular flexibility index (Phi) is 7.47. The fraction of sp³-hybridized carbons (Fsp3) is 0.423. The third-order valence-electron chi connectivity index (χ3n) is 6.33. The Bertz CT molecular complexity index is 1050. The lowest BCUT2D eigenvalue weighted by molar-refractivity contribution is -0.126. The molecule has 0 radical (unpaired) electrons. The van der Waals surface area contributed by atoms with E-state index < -0.39 is 0 Å². The Balaban J connectivity index is 1.25. The Morgan fingerprint density at radius 3 is 2.62 bits per heavy atom. The molecule has 0 spiro atoms. The monoisotopic (exact) mass is 465 g/mol. The first-order valence-electron chi connectivity index (χ1n) is 11.7. The summed E-state index contributed by atoms with van der Waals surface area (Å²) in [5.41, 5.74) is 3.70. The quantitative estimate of drug-likeness (QED) is 0.625. The van der Waals surface area contributed by atoms with Crippen molar-refractivity contribution in [2.24, 2.45) is 5.92 Å². The average Bonchev–Trinajstić information content (AvgIpc) is 3.49. The average molecular weight is 466 g/mol. The van der Waals surface area contributed by atoms with Crippen LogP contribution in [0.15, 0.2) is 42.5 Å². The second kappa shape index (κ2) is 10.7. The van der Waals surface area contributed by atoms with Crippen molar-refractivity contribution in [3.05, 3.63) is 53.6 Å². The Hall–Kier alpha value is -3.39. The van der Waals surface area contributed by atoms with E-state index in [1.54, 1.807) is 29.2 Å². The van der Waals surface area contributed by atoms with E-state index in [9.17, 15) is 14.4 Å². The molecule has 2 heterocycles. The SMILES string of the molecule is Cc1ccc(NC(=O)COc2ccc(N3C[C@H](C(=O)NC[C@@H]4CCCO4)CC3=O)cc2)cc1C. The minimum atomic E-state index is -0.376. The van der Waals surface area contributed by atoms with Crippen molar-refractivity contribution in [1.82, 2.24) is 5.32 Å². The number of benzene rings is 2. The fourth-order valence-electron chi connectivity index (χ4n) is 4.18. The predicted octanol–water partition coefficient (Wildman–Crippen LogP) is 2.97. The Morgan fingerprint density at radius 2 is 1.91 bits per heavy atom. The summed E-state index contributed by atoms with van der Waals surface area (Å²) in [4.78, 5) is 38.8. The van der Waals surface area contributed by atoms with E-state index >= 15 is 0 Å². The first-order valence-corrected chi connectivity index (χ1v) is 11.7. The molecule has 2 fully saturated rings. The zero-order valence-electron chi connectivity index (χ0n) is 19.6. The molecule has 2 aliphatic rings.